The van der Waals surface area contributed by atoms with Crippen LogP contribution in [0.2, 0.25) is 0 Å². The Balaban J connectivity index is 2.55. The zero-order valence-corrected chi connectivity index (χ0v) is 11.0. The summed E-state index contributed by atoms with van der Waals surface area (Å²) in [7, 11) is 1.54. The average Bonchev–Trinajstić information content (AvgIpc) is 2.45. The predicted octanol–water partition coefficient (Wildman–Crippen LogP) is 0.521. The fourth-order valence-corrected chi connectivity index (χ4v) is 1.39. The lowest BCUT2D eigenvalue weighted by molar-refractivity contribution is -0.136. The van der Waals surface area contributed by atoms with Gasteiger partial charge in [0.2, 0.25) is 0 Å². The maximum atomic E-state index is 11.6. The summed E-state index contributed by atoms with van der Waals surface area (Å²) in [6.07, 6.45) is 0.554. The van der Waals surface area contributed by atoms with E-state index in [1.807, 2.05) is 6.92 Å². The number of ether oxygens (including phenoxy) is 1. The van der Waals surface area contributed by atoms with Crippen LogP contribution >= 0.6 is 0 Å². The Morgan fingerprint density at radius 2 is 1.89 bits per heavy atom. The number of hydrogen-bond donors (Lipinski definition) is 3. The van der Waals surface area contributed by atoms with E-state index >= 15 is 0 Å². The summed E-state index contributed by atoms with van der Waals surface area (Å²) in [6.45, 7) is 1.61. The molecular weight excluding hydrogens is 248 g/mol. The highest BCUT2D eigenvalue weighted by atomic mass is 16.5. The summed E-state index contributed by atoms with van der Waals surface area (Å²) in [5, 5.41) is 13.8. The molecule has 6 heteroatoms. The molecule has 0 aliphatic carbocycles. The van der Waals surface area contributed by atoms with Gasteiger partial charge in [-0.3, -0.25) is 9.59 Å². The van der Waals surface area contributed by atoms with Gasteiger partial charge in [0.1, 0.15) is 5.75 Å². The summed E-state index contributed by atoms with van der Waals surface area (Å²) >= 11 is 0. The number of hydrogen-bond acceptors (Lipinski definition) is 4. The molecule has 6 nitrogen and oxygen atoms in total. The standard InChI is InChI=1S/C13H18N2O4/c1-3-9(8-16)14-12(17)13(18)15-10-4-6-11(19-2)7-5-10/h4-7,9,16H,3,8H2,1-2H3,(H,14,17)(H,15,18). The molecular formula is C13H18N2O4. The molecule has 1 aromatic rings. The van der Waals surface area contributed by atoms with E-state index in [1.54, 1.807) is 31.4 Å². The first kappa shape index (κ1) is 15.0. The van der Waals surface area contributed by atoms with Crippen LogP contribution in [0, 0.1) is 0 Å². The van der Waals surface area contributed by atoms with Crippen LogP contribution in [0.3, 0.4) is 0 Å². The molecule has 0 bridgehead atoms. The van der Waals surface area contributed by atoms with Crippen molar-refractivity contribution in [2.24, 2.45) is 0 Å². The second-order valence-corrected chi connectivity index (χ2v) is 3.94. The van der Waals surface area contributed by atoms with Crippen molar-refractivity contribution in [3.63, 3.8) is 0 Å². The van der Waals surface area contributed by atoms with Crippen molar-refractivity contribution in [1.82, 2.24) is 5.32 Å². The minimum atomic E-state index is -0.767. The van der Waals surface area contributed by atoms with Gasteiger partial charge < -0.3 is 20.5 Å². The zero-order valence-electron chi connectivity index (χ0n) is 11.0. The third-order valence-corrected chi connectivity index (χ3v) is 2.60. The van der Waals surface area contributed by atoms with Crippen LogP contribution in [0.25, 0.3) is 0 Å². The van der Waals surface area contributed by atoms with Gasteiger partial charge in [0, 0.05) is 5.69 Å². The normalized spacial score (nSPS) is 11.5. The number of benzene rings is 1. The first-order valence-corrected chi connectivity index (χ1v) is 5.97. The lowest BCUT2D eigenvalue weighted by atomic mass is 10.2. The minimum absolute atomic E-state index is 0.196. The van der Waals surface area contributed by atoms with Gasteiger partial charge >= 0.3 is 11.8 Å². The number of aliphatic hydroxyl groups is 1. The Kier molecular flexibility index (Phi) is 5.81. The number of rotatable bonds is 5. The zero-order chi connectivity index (χ0) is 14.3. The Bertz CT molecular complexity index is 427. The van der Waals surface area contributed by atoms with E-state index in [9.17, 15) is 9.59 Å². The van der Waals surface area contributed by atoms with Crippen LogP contribution < -0.4 is 15.4 Å². The highest BCUT2D eigenvalue weighted by molar-refractivity contribution is 6.39. The molecule has 0 spiro atoms. The van der Waals surface area contributed by atoms with Crippen molar-refractivity contribution in [3.05, 3.63) is 24.3 Å². The molecule has 0 fully saturated rings. The highest BCUT2D eigenvalue weighted by Crippen LogP contribution is 2.14. The molecule has 0 heterocycles. The molecule has 0 radical (unpaired) electrons. The third-order valence-electron chi connectivity index (χ3n) is 2.60. The van der Waals surface area contributed by atoms with E-state index in [4.69, 9.17) is 9.84 Å². The molecule has 1 rings (SSSR count). The Hall–Kier alpha value is -2.08. The molecule has 19 heavy (non-hydrogen) atoms. The van der Waals surface area contributed by atoms with Crippen molar-refractivity contribution in [2.75, 3.05) is 19.0 Å². The molecule has 0 aromatic heterocycles. The Morgan fingerprint density at radius 1 is 1.26 bits per heavy atom. The molecule has 2 amide bonds. The Morgan fingerprint density at radius 3 is 2.37 bits per heavy atom. The van der Waals surface area contributed by atoms with Crippen molar-refractivity contribution in [2.45, 2.75) is 19.4 Å². The maximum Gasteiger partial charge on any atom is 0.313 e. The Labute approximate surface area is 111 Å². The summed E-state index contributed by atoms with van der Waals surface area (Å²) < 4.78 is 4.98. The second kappa shape index (κ2) is 7.38. The van der Waals surface area contributed by atoms with Crippen LogP contribution in [0.4, 0.5) is 5.69 Å². The van der Waals surface area contributed by atoms with Crippen LogP contribution in [0.15, 0.2) is 24.3 Å². The fourth-order valence-electron chi connectivity index (χ4n) is 1.39. The topological polar surface area (TPSA) is 87.7 Å². The number of carbonyl (C=O) groups is 2. The molecule has 1 unspecified atom stereocenters. The molecule has 3 N–H and O–H groups in total. The van der Waals surface area contributed by atoms with Crippen molar-refractivity contribution >= 4 is 17.5 Å². The molecule has 1 aromatic carbocycles. The van der Waals surface area contributed by atoms with Gasteiger partial charge in [-0.2, -0.15) is 0 Å². The number of methoxy groups -OCH3 is 1. The van der Waals surface area contributed by atoms with Crippen molar-refractivity contribution in [3.8, 4) is 5.75 Å². The fraction of sp³-hybridized carbons (Fsp3) is 0.385. The number of amides is 2. The van der Waals surface area contributed by atoms with Crippen molar-refractivity contribution in [1.29, 1.82) is 0 Å². The van der Waals surface area contributed by atoms with Gasteiger partial charge in [-0.05, 0) is 30.7 Å². The summed E-state index contributed by atoms with van der Waals surface area (Å²) in [5.74, 6) is -0.873. The molecule has 0 aliphatic rings. The SMILES string of the molecule is CCC(CO)NC(=O)C(=O)Nc1ccc(OC)cc1. The molecule has 0 saturated carbocycles. The molecule has 104 valence electrons. The second-order valence-electron chi connectivity index (χ2n) is 3.94. The summed E-state index contributed by atoms with van der Waals surface area (Å²) in [4.78, 5) is 23.1. The quantitative estimate of drug-likeness (QED) is 0.678. The average molecular weight is 266 g/mol. The van der Waals surface area contributed by atoms with Crippen LogP contribution in [-0.2, 0) is 9.59 Å². The van der Waals surface area contributed by atoms with Crippen LogP contribution in [0.1, 0.15) is 13.3 Å². The summed E-state index contributed by atoms with van der Waals surface area (Å²) in [6, 6.07) is 6.21. The van der Waals surface area contributed by atoms with Gasteiger partial charge in [-0.1, -0.05) is 6.92 Å². The van der Waals surface area contributed by atoms with E-state index in [2.05, 4.69) is 10.6 Å². The van der Waals surface area contributed by atoms with Crippen LogP contribution in [0.5, 0.6) is 5.75 Å². The van der Waals surface area contributed by atoms with Crippen LogP contribution in [-0.4, -0.2) is 36.7 Å². The first-order chi connectivity index (χ1) is 9.10. The third kappa shape index (κ3) is 4.59. The number of aliphatic hydroxyl groups excluding tert-OH is 1. The highest BCUT2D eigenvalue weighted by Gasteiger charge is 2.17. The van der Waals surface area contributed by atoms with Gasteiger partial charge in [-0.15, -0.1) is 0 Å². The minimum Gasteiger partial charge on any atom is -0.497 e. The van der Waals surface area contributed by atoms with E-state index in [0.29, 0.717) is 17.9 Å². The molecule has 0 saturated heterocycles. The van der Waals surface area contributed by atoms with Gasteiger partial charge in [-0.25, -0.2) is 0 Å². The largest absolute Gasteiger partial charge is 0.497 e. The maximum absolute atomic E-state index is 11.6. The first-order valence-electron chi connectivity index (χ1n) is 5.97. The molecule has 0 aliphatic heterocycles. The molecule has 1 atom stereocenters. The number of nitrogens with one attached hydrogen (secondary N) is 2. The van der Waals surface area contributed by atoms with Gasteiger partial charge in [0.25, 0.3) is 0 Å². The van der Waals surface area contributed by atoms with Gasteiger partial charge in [0.05, 0.1) is 19.8 Å². The summed E-state index contributed by atoms with van der Waals surface area (Å²) in [5.41, 5.74) is 0.498. The van der Waals surface area contributed by atoms with Crippen molar-refractivity contribution < 1.29 is 19.4 Å². The lowest BCUT2D eigenvalue weighted by Crippen LogP contribution is -2.43. The number of anilines is 1. The lowest BCUT2D eigenvalue weighted by Gasteiger charge is -2.13. The monoisotopic (exact) mass is 266 g/mol. The van der Waals surface area contributed by atoms with Gasteiger partial charge in [0.15, 0.2) is 0 Å². The number of carbonyl (C=O) groups excluding carboxylic acids is 2. The van der Waals surface area contributed by atoms with E-state index < -0.39 is 17.9 Å². The predicted molar refractivity (Wildman–Crippen MR) is 70.9 cm³/mol. The van der Waals surface area contributed by atoms with E-state index in [-0.39, 0.29) is 6.61 Å². The smallest absolute Gasteiger partial charge is 0.313 e. The van der Waals surface area contributed by atoms with E-state index in [0.717, 1.165) is 0 Å². The van der Waals surface area contributed by atoms with E-state index in [1.165, 1.54) is 0 Å².